The molecule has 2 nitrogen and oxygen atoms in total. The lowest BCUT2D eigenvalue weighted by atomic mass is 9.76. The molecule has 2 atom stereocenters. The standard InChI is InChI=1S/C11H22N2/c1-9(10-3-2-4-10)7-13-6-5-11(12)8-13/h9-11H,2-8,12H2,1H3. The van der Waals surface area contributed by atoms with Crippen LogP contribution in [0.5, 0.6) is 0 Å². The van der Waals surface area contributed by atoms with Crippen molar-refractivity contribution in [2.24, 2.45) is 17.6 Å². The van der Waals surface area contributed by atoms with E-state index in [0.717, 1.165) is 18.4 Å². The average Bonchev–Trinajstić information content (AvgIpc) is 2.31. The molecular weight excluding hydrogens is 160 g/mol. The van der Waals surface area contributed by atoms with E-state index in [1.54, 1.807) is 0 Å². The van der Waals surface area contributed by atoms with E-state index in [1.165, 1.54) is 38.8 Å². The number of rotatable bonds is 3. The van der Waals surface area contributed by atoms with E-state index in [-0.39, 0.29) is 0 Å². The van der Waals surface area contributed by atoms with Crippen LogP contribution < -0.4 is 5.73 Å². The van der Waals surface area contributed by atoms with Crippen LogP contribution in [0.1, 0.15) is 32.6 Å². The summed E-state index contributed by atoms with van der Waals surface area (Å²) in [5, 5.41) is 0. The summed E-state index contributed by atoms with van der Waals surface area (Å²) >= 11 is 0. The van der Waals surface area contributed by atoms with Crippen LogP contribution in [0.2, 0.25) is 0 Å². The molecule has 0 amide bonds. The molecule has 0 radical (unpaired) electrons. The van der Waals surface area contributed by atoms with Gasteiger partial charge in [-0.3, -0.25) is 0 Å². The third kappa shape index (κ3) is 2.23. The van der Waals surface area contributed by atoms with E-state index < -0.39 is 0 Å². The molecule has 1 saturated heterocycles. The second-order valence-electron chi connectivity index (χ2n) is 4.98. The van der Waals surface area contributed by atoms with Gasteiger partial charge in [-0.15, -0.1) is 0 Å². The maximum atomic E-state index is 5.88. The van der Waals surface area contributed by atoms with Gasteiger partial charge in [0.2, 0.25) is 0 Å². The van der Waals surface area contributed by atoms with Crippen LogP contribution in [0.3, 0.4) is 0 Å². The molecule has 2 N–H and O–H groups in total. The monoisotopic (exact) mass is 182 g/mol. The third-order valence-electron chi connectivity index (χ3n) is 3.81. The molecule has 2 aliphatic rings. The quantitative estimate of drug-likeness (QED) is 0.716. The molecule has 0 aromatic carbocycles. The Kier molecular flexibility index (Phi) is 2.89. The second kappa shape index (κ2) is 3.97. The molecular formula is C11H22N2. The van der Waals surface area contributed by atoms with Crippen molar-refractivity contribution < 1.29 is 0 Å². The van der Waals surface area contributed by atoms with Crippen molar-refractivity contribution in [3.63, 3.8) is 0 Å². The van der Waals surface area contributed by atoms with Crippen LogP contribution in [0.25, 0.3) is 0 Å². The fourth-order valence-electron chi connectivity index (χ4n) is 2.59. The van der Waals surface area contributed by atoms with Gasteiger partial charge in [-0.2, -0.15) is 0 Å². The van der Waals surface area contributed by atoms with Gasteiger partial charge in [0, 0.05) is 19.1 Å². The third-order valence-corrected chi connectivity index (χ3v) is 3.81. The van der Waals surface area contributed by atoms with Crippen molar-refractivity contribution in [3.05, 3.63) is 0 Å². The lowest BCUT2D eigenvalue weighted by Gasteiger charge is -2.33. The second-order valence-corrected chi connectivity index (χ2v) is 4.98. The summed E-state index contributed by atoms with van der Waals surface area (Å²) in [5.74, 6) is 1.93. The maximum Gasteiger partial charge on any atom is 0.0180 e. The van der Waals surface area contributed by atoms with Crippen LogP contribution >= 0.6 is 0 Å². The summed E-state index contributed by atoms with van der Waals surface area (Å²) in [6.07, 6.45) is 5.62. The van der Waals surface area contributed by atoms with Crippen molar-refractivity contribution in [1.29, 1.82) is 0 Å². The Morgan fingerprint density at radius 1 is 1.38 bits per heavy atom. The van der Waals surface area contributed by atoms with Crippen LogP contribution in [0.4, 0.5) is 0 Å². The highest BCUT2D eigenvalue weighted by atomic mass is 15.2. The van der Waals surface area contributed by atoms with Gasteiger partial charge in [-0.05, 0) is 24.8 Å². The summed E-state index contributed by atoms with van der Waals surface area (Å²) in [6, 6.07) is 0.452. The van der Waals surface area contributed by atoms with Crippen molar-refractivity contribution in [2.45, 2.75) is 38.6 Å². The molecule has 1 saturated carbocycles. The van der Waals surface area contributed by atoms with Gasteiger partial charge >= 0.3 is 0 Å². The molecule has 0 bridgehead atoms. The number of hydrogen-bond donors (Lipinski definition) is 1. The van der Waals surface area contributed by atoms with Gasteiger partial charge in [0.05, 0.1) is 0 Å². The number of hydrogen-bond acceptors (Lipinski definition) is 2. The molecule has 2 unspecified atom stereocenters. The fourth-order valence-corrected chi connectivity index (χ4v) is 2.59. The minimum absolute atomic E-state index is 0.452. The summed E-state index contributed by atoms with van der Waals surface area (Å²) in [6.45, 7) is 6.07. The van der Waals surface area contributed by atoms with Gasteiger partial charge in [-0.25, -0.2) is 0 Å². The first-order valence-corrected chi connectivity index (χ1v) is 5.73. The molecule has 13 heavy (non-hydrogen) atoms. The first-order chi connectivity index (χ1) is 6.25. The molecule has 2 rings (SSSR count). The number of nitrogens with two attached hydrogens (primary N) is 1. The van der Waals surface area contributed by atoms with Gasteiger partial charge in [-0.1, -0.05) is 26.2 Å². The SMILES string of the molecule is CC(CN1CCC(N)C1)C1CCC1. The molecule has 0 aromatic rings. The summed E-state index contributed by atoms with van der Waals surface area (Å²) in [4.78, 5) is 2.55. The number of likely N-dealkylation sites (tertiary alicyclic amines) is 1. The Morgan fingerprint density at radius 3 is 2.62 bits per heavy atom. The van der Waals surface area contributed by atoms with E-state index in [9.17, 15) is 0 Å². The first-order valence-electron chi connectivity index (χ1n) is 5.73. The van der Waals surface area contributed by atoms with E-state index in [0.29, 0.717) is 6.04 Å². The van der Waals surface area contributed by atoms with Gasteiger partial charge in [0.1, 0.15) is 0 Å². The van der Waals surface area contributed by atoms with E-state index in [1.807, 2.05) is 0 Å². The molecule has 1 heterocycles. The number of nitrogens with zero attached hydrogens (tertiary/aromatic N) is 1. The Morgan fingerprint density at radius 2 is 2.15 bits per heavy atom. The molecule has 2 fully saturated rings. The Balaban J connectivity index is 1.71. The molecule has 1 aliphatic carbocycles. The summed E-state index contributed by atoms with van der Waals surface area (Å²) < 4.78 is 0. The van der Waals surface area contributed by atoms with Crippen LogP contribution in [-0.2, 0) is 0 Å². The Labute approximate surface area is 81.5 Å². The van der Waals surface area contributed by atoms with Crippen LogP contribution in [-0.4, -0.2) is 30.6 Å². The zero-order valence-corrected chi connectivity index (χ0v) is 8.71. The van der Waals surface area contributed by atoms with Crippen LogP contribution in [0.15, 0.2) is 0 Å². The molecule has 2 heteroatoms. The molecule has 1 aliphatic heterocycles. The first kappa shape index (κ1) is 9.47. The zero-order valence-electron chi connectivity index (χ0n) is 8.71. The fraction of sp³-hybridized carbons (Fsp3) is 1.00. The average molecular weight is 182 g/mol. The van der Waals surface area contributed by atoms with Crippen molar-refractivity contribution >= 4 is 0 Å². The topological polar surface area (TPSA) is 29.3 Å². The lowest BCUT2D eigenvalue weighted by Crippen LogP contribution is -2.34. The zero-order chi connectivity index (χ0) is 9.26. The largest absolute Gasteiger partial charge is 0.326 e. The molecule has 76 valence electrons. The van der Waals surface area contributed by atoms with E-state index in [4.69, 9.17) is 5.73 Å². The maximum absolute atomic E-state index is 5.88. The normalized spacial score (nSPS) is 33.2. The van der Waals surface area contributed by atoms with E-state index >= 15 is 0 Å². The molecule has 0 spiro atoms. The minimum Gasteiger partial charge on any atom is -0.326 e. The smallest absolute Gasteiger partial charge is 0.0180 e. The van der Waals surface area contributed by atoms with E-state index in [2.05, 4.69) is 11.8 Å². The highest BCUT2D eigenvalue weighted by Gasteiger charge is 2.27. The van der Waals surface area contributed by atoms with Crippen LogP contribution in [0, 0.1) is 11.8 Å². The van der Waals surface area contributed by atoms with Crippen molar-refractivity contribution in [2.75, 3.05) is 19.6 Å². The molecule has 0 aromatic heterocycles. The Bertz CT molecular complexity index is 165. The predicted molar refractivity (Wildman–Crippen MR) is 55.5 cm³/mol. The van der Waals surface area contributed by atoms with Gasteiger partial charge < -0.3 is 10.6 Å². The summed E-state index contributed by atoms with van der Waals surface area (Å²) in [7, 11) is 0. The van der Waals surface area contributed by atoms with Gasteiger partial charge in [0.15, 0.2) is 0 Å². The van der Waals surface area contributed by atoms with Gasteiger partial charge in [0.25, 0.3) is 0 Å². The minimum atomic E-state index is 0.452. The highest BCUT2D eigenvalue weighted by Crippen LogP contribution is 2.33. The predicted octanol–water partition coefficient (Wildman–Crippen LogP) is 1.46. The lowest BCUT2D eigenvalue weighted by molar-refractivity contribution is 0.166. The van der Waals surface area contributed by atoms with Crippen molar-refractivity contribution in [3.8, 4) is 0 Å². The summed E-state index contributed by atoms with van der Waals surface area (Å²) in [5.41, 5.74) is 5.88. The highest BCUT2D eigenvalue weighted by molar-refractivity contribution is 4.82. The van der Waals surface area contributed by atoms with Crippen molar-refractivity contribution in [1.82, 2.24) is 4.90 Å². The Hall–Kier alpha value is -0.0800.